The second kappa shape index (κ2) is 15.7. The number of esters is 2. The zero-order chi connectivity index (χ0) is 22.2. The lowest BCUT2D eigenvalue weighted by Crippen LogP contribution is -2.58. The Hall–Kier alpha value is -2.12. The molecule has 1 aliphatic heterocycles. The summed E-state index contributed by atoms with van der Waals surface area (Å²) in [6.07, 6.45) is 11.3. The first-order chi connectivity index (χ1) is 14.5. The molecule has 1 heterocycles. The van der Waals surface area contributed by atoms with Crippen LogP contribution < -0.4 is 5.32 Å². The van der Waals surface area contributed by atoms with Crippen LogP contribution in [-0.4, -0.2) is 61.5 Å². The molecule has 30 heavy (non-hydrogen) atoms. The van der Waals surface area contributed by atoms with E-state index in [9.17, 15) is 19.2 Å². The van der Waals surface area contributed by atoms with Crippen molar-refractivity contribution in [2.75, 3.05) is 26.8 Å². The largest absolute Gasteiger partial charge is 0.469 e. The van der Waals surface area contributed by atoms with E-state index in [-0.39, 0.29) is 19.5 Å². The highest BCUT2D eigenvalue weighted by molar-refractivity contribution is 5.98. The molecule has 0 aliphatic carbocycles. The van der Waals surface area contributed by atoms with Gasteiger partial charge in [-0.15, -0.1) is 0 Å². The van der Waals surface area contributed by atoms with Crippen LogP contribution in [0.5, 0.6) is 0 Å². The molecule has 1 N–H and O–H groups in total. The van der Waals surface area contributed by atoms with Crippen molar-refractivity contribution >= 4 is 23.8 Å². The summed E-state index contributed by atoms with van der Waals surface area (Å²) in [7, 11) is 1.20. The highest BCUT2D eigenvalue weighted by atomic mass is 16.5. The van der Waals surface area contributed by atoms with E-state index in [1.807, 2.05) is 0 Å². The molecule has 0 aromatic carbocycles. The molecule has 2 amide bonds. The van der Waals surface area contributed by atoms with Gasteiger partial charge in [0.05, 0.1) is 20.1 Å². The predicted molar refractivity (Wildman–Crippen MR) is 113 cm³/mol. The average molecular weight is 427 g/mol. The molecule has 8 heteroatoms. The molecular formula is C22H38N2O6. The Morgan fingerprint density at radius 2 is 1.57 bits per heavy atom. The van der Waals surface area contributed by atoms with Crippen LogP contribution in [0.3, 0.4) is 0 Å². The van der Waals surface area contributed by atoms with Gasteiger partial charge in [-0.1, -0.05) is 64.7 Å². The summed E-state index contributed by atoms with van der Waals surface area (Å²) in [5, 5.41) is 2.64. The van der Waals surface area contributed by atoms with Gasteiger partial charge in [-0.3, -0.25) is 19.2 Å². The molecule has 0 radical (unpaired) electrons. The van der Waals surface area contributed by atoms with E-state index in [4.69, 9.17) is 4.74 Å². The lowest BCUT2D eigenvalue weighted by molar-refractivity contribution is -0.154. The zero-order valence-electron chi connectivity index (χ0n) is 18.6. The van der Waals surface area contributed by atoms with Gasteiger partial charge in [0.1, 0.15) is 12.5 Å². The van der Waals surface area contributed by atoms with Crippen molar-refractivity contribution in [2.45, 2.75) is 90.0 Å². The van der Waals surface area contributed by atoms with Crippen LogP contribution in [0.1, 0.15) is 84.0 Å². The molecule has 8 nitrogen and oxygen atoms in total. The third-order valence-electron chi connectivity index (χ3n) is 5.30. The predicted octanol–water partition coefficient (Wildman–Crippen LogP) is 2.73. The quantitative estimate of drug-likeness (QED) is 0.245. The Balaban J connectivity index is 2.22. The number of ether oxygens (including phenoxy) is 2. The normalized spacial score (nSPS) is 16.1. The third-order valence-corrected chi connectivity index (χ3v) is 5.30. The number of hydrogen-bond donors (Lipinski definition) is 1. The number of nitrogens with one attached hydrogen (secondary N) is 1. The molecule has 0 saturated carbocycles. The highest BCUT2D eigenvalue weighted by Gasteiger charge is 2.35. The van der Waals surface area contributed by atoms with Gasteiger partial charge >= 0.3 is 11.9 Å². The van der Waals surface area contributed by atoms with Crippen molar-refractivity contribution in [3.63, 3.8) is 0 Å². The number of amides is 2. The van der Waals surface area contributed by atoms with Crippen molar-refractivity contribution in [2.24, 2.45) is 0 Å². The molecule has 1 fully saturated rings. The fraction of sp³-hybridized carbons (Fsp3) is 0.818. The molecule has 1 aliphatic rings. The van der Waals surface area contributed by atoms with E-state index in [1.54, 1.807) is 0 Å². The number of unbranched alkanes of at least 4 members (excludes halogenated alkanes) is 9. The van der Waals surface area contributed by atoms with Crippen LogP contribution in [-0.2, 0) is 28.7 Å². The first-order valence-corrected chi connectivity index (χ1v) is 11.3. The minimum absolute atomic E-state index is 0.212. The van der Waals surface area contributed by atoms with Gasteiger partial charge < -0.3 is 19.7 Å². The lowest BCUT2D eigenvalue weighted by atomic mass is 10.1. The zero-order valence-corrected chi connectivity index (χ0v) is 18.6. The van der Waals surface area contributed by atoms with E-state index >= 15 is 0 Å². The molecule has 0 aromatic heterocycles. The maximum atomic E-state index is 12.3. The van der Waals surface area contributed by atoms with Crippen molar-refractivity contribution in [1.82, 2.24) is 10.2 Å². The minimum Gasteiger partial charge on any atom is -0.469 e. The standard InChI is InChI=1S/C22H38N2O6/c1-3-4-5-6-7-8-9-10-11-12-15-30-21(27)16-18-22(28)23-13-14-24(18)19(25)17-20(26)29-2/h18H,3-17H2,1-2H3,(H,23,28). The van der Waals surface area contributed by atoms with Gasteiger partial charge in [-0.25, -0.2) is 0 Å². The van der Waals surface area contributed by atoms with Crippen LogP contribution in [0.2, 0.25) is 0 Å². The summed E-state index contributed by atoms with van der Waals surface area (Å²) < 4.78 is 9.75. The van der Waals surface area contributed by atoms with Gasteiger partial charge in [0, 0.05) is 13.1 Å². The fourth-order valence-electron chi connectivity index (χ4n) is 3.51. The Morgan fingerprint density at radius 3 is 2.17 bits per heavy atom. The maximum absolute atomic E-state index is 12.3. The van der Waals surface area contributed by atoms with Crippen molar-refractivity contribution in [1.29, 1.82) is 0 Å². The summed E-state index contributed by atoms with van der Waals surface area (Å²) in [4.78, 5) is 49.1. The lowest BCUT2D eigenvalue weighted by Gasteiger charge is -2.34. The van der Waals surface area contributed by atoms with Gasteiger partial charge in [-0.05, 0) is 6.42 Å². The number of carbonyl (C=O) groups excluding carboxylic acids is 4. The molecule has 1 rings (SSSR count). The Kier molecular flexibility index (Phi) is 13.5. The number of nitrogens with zero attached hydrogens (tertiary/aromatic N) is 1. The number of methoxy groups -OCH3 is 1. The van der Waals surface area contributed by atoms with Gasteiger partial charge in [0.15, 0.2) is 0 Å². The van der Waals surface area contributed by atoms with Crippen LogP contribution in [0.15, 0.2) is 0 Å². The first kappa shape index (κ1) is 25.9. The van der Waals surface area contributed by atoms with E-state index in [1.165, 1.54) is 57.0 Å². The number of hydrogen-bond acceptors (Lipinski definition) is 6. The van der Waals surface area contributed by atoms with E-state index < -0.39 is 36.2 Å². The summed E-state index contributed by atoms with van der Waals surface area (Å²) in [6.45, 7) is 3.07. The molecule has 1 atom stereocenters. The van der Waals surface area contributed by atoms with Crippen LogP contribution in [0.25, 0.3) is 0 Å². The second-order valence-corrected chi connectivity index (χ2v) is 7.75. The molecule has 0 aromatic rings. The SMILES string of the molecule is CCCCCCCCCCCCOC(=O)CC1C(=O)NCCN1C(=O)CC(=O)OC. The molecule has 172 valence electrons. The summed E-state index contributed by atoms with van der Waals surface area (Å²) >= 11 is 0. The number of piperazine rings is 1. The van der Waals surface area contributed by atoms with Crippen LogP contribution >= 0.6 is 0 Å². The summed E-state index contributed by atoms with van der Waals surface area (Å²) in [6, 6.07) is -0.948. The second-order valence-electron chi connectivity index (χ2n) is 7.75. The first-order valence-electron chi connectivity index (χ1n) is 11.3. The molecule has 0 bridgehead atoms. The Labute approximate surface area is 180 Å². The van der Waals surface area contributed by atoms with Crippen molar-refractivity contribution in [3.8, 4) is 0 Å². The van der Waals surface area contributed by atoms with Crippen LogP contribution in [0.4, 0.5) is 0 Å². The number of rotatable bonds is 15. The Bertz CT molecular complexity index is 552. The topological polar surface area (TPSA) is 102 Å². The van der Waals surface area contributed by atoms with Crippen molar-refractivity contribution in [3.05, 3.63) is 0 Å². The summed E-state index contributed by atoms with van der Waals surface area (Å²) in [5.74, 6) is -2.11. The van der Waals surface area contributed by atoms with E-state index in [0.29, 0.717) is 6.61 Å². The van der Waals surface area contributed by atoms with Gasteiger partial charge in [0.2, 0.25) is 11.8 Å². The smallest absolute Gasteiger partial charge is 0.315 e. The minimum atomic E-state index is -0.948. The third kappa shape index (κ3) is 10.6. The average Bonchev–Trinajstić information content (AvgIpc) is 2.73. The van der Waals surface area contributed by atoms with E-state index in [2.05, 4.69) is 17.0 Å². The highest BCUT2D eigenvalue weighted by Crippen LogP contribution is 2.13. The molecular weight excluding hydrogens is 388 g/mol. The molecule has 1 saturated heterocycles. The van der Waals surface area contributed by atoms with E-state index in [0.717, 1.165) is 19.3 Å². The van der Waals surface area contributed by atoms with Gasteiger partial charge in [-0.2, -0.15) is 0 Å². The fourth-order valence-corrected chi connectivity index (χ4v) is 3.51. The van der Waals surface area contributed by atoms with Crippen LogP contribution in [0, 0.1) is 0 Å². The number of carbonyl (C=O) groups is 4. The van der Waals surface area contributed by atoms with Gasteiger partial charge in [0.25, 0.3) is 0 Å². The van der Waals surface area contributed by atoms with Crippen molar-refractivity contribution < 1.29 is 28.7 Å². The molecule has 1 unspecified atom stereocenters. The Morgan fingerprint density at radius 1 is 0.967 bits per heavy atom. The summed E-state index contributed by atoms with van der Waals surface area (Å²) in [5.41, 5.74) is 0. The molecule has 0 spiro atoms. The maximum Gasteiger partial charge on any atom is 0.315 e. The monoisotopic (exact) mass is 426 g/mol.